The number of carbonyl (C=O) groups is 1. The zero-order valence-electron chi connectivity index (χ0n) is 13.3. The van der Waals surface area contributed by atoms with Gasteiger partial charge in [0.1, 0.15) is 11.4 Å². The molecule has 0 atom stereocenters. The van der Waals surface area contributed by atoms with Gasteiger partial charge in [-0.1, -0.05) is 0 Å². The van der Waals surface area contributed by atoms with E-state index in [9.17, 15) is 14.8 Å². The van der Waals surface area contributed by atoms with Crippen molar-refractivity contribution in [3.8, 4) is 0 Å². The summed E-state index contributed by atoms with van der Waals surface area (Å²) in [6.07, 6.45) is 1.15. The van der Waals surface area contributed by atoms with Crippen LogP contribution in [-0.4, -0.2) is 64.8 Å². The molecule has 0 saturated carbocycles. The Morgan fingerprint density at radius 2 is 1.95 bits per heavy atom. The smallest absolute Gasteiger partial charge is 0.468 e. The summed E-state index contributed by atoms with van der Waals surface area (Å²) < 4.78 is 10.7. The van der Waals surface area contributed by atoms with Crippen molar-refractivity contribution >= 4 is 18.7 Å². The van der Waals surface area contributed by atoms with Gasteiger partial charge < -0.3 is 24.1 Å². The lowest BCUT2D eigenvalue weighted by Crippen LogP contribution is -2.50. The minimum absolute atomic E-state index is 0.295. The van der Waals surface area contributed by atoms with Gasteiger partial charge in [-0.25, -0.2) is 4.79 Å². The zero-order valence-corrected chi connectivity index (χ0v) is 13.3. The Kier molecular flexibility index (Phi) is 5.15. The molecule has 0 bridgehead atoms. The van der Waals surface area contributed by atoms with Crippen LogP contribution in [0.1, 0.15) is 26.5 Å². The molecule has 1 aromatic rings. The van der Waals surface area contributed by atoms with Crippen molar-refractivity contribution in [2.45, 2.75) is 32.9 Å². The van der Waals surface area contributed by atoms with Crippen LogP contribution >= 0.6 is 0 Å². The number of nitrogens with zero attached hydrogens (tertiary/aromatic N) is 2. The topological polar surface area (TPSA) is 86.4 Å². The maximum Gasteiger partial charge on any atom is 0.492 e. The lowest BCUT2D eigenvalue weighted by molar-refractivity contribution is 0.0134. The molecule has 0 aliphatic carbocycles. The first-order chi connectivity index (χ1) is 10.3. The quantitative estimate of drug-likeness (QED) is 0.765. The first kappa shape index (κ1) is 16.9. The van der Waals surface area contributed by atoms with E-state index < -0.39 is 12.7 Å². The van der Waals surface area contributed by atoms with Crippen LogP contribution < -0.4 is 5.46 Å². The summed E-state index contributed by atoms with van der Waals surface area (Å²) in [6.45, 7) is 8.54. The molecule has 1 aromatic heterocycles. The van der Waals surface area contributed by atoms with Gasteiger partial charge in [0, 0.05) is 31.6 Å². The highest BCUT2D eigenvalue weighted by Crippen LogP contribution is 2.13. The molecule has 2 rings (SSSR count). The number of ether oxygens (including phenoxy) is 1. The SMILES string of the molecule is CC(C)(C)OC(=O)N1CCN(Cc2occc2B(O)O)CC1. The normalized spacial score (nSPS) is 16.7. The van der Waals surface area contributed by atoms with Crippen molar-refractivity contribution in [1.82, 2.24) is 9.80 Å². The van der Waals surface area contributed by atoms with Gasteiger partial charge in [0.25, 0.3) is 0 Å². The van der Waals surface area contributed by atoms with E-state index in [2.05, 4.69) is 4.90 Å². The number of carbonyl (C=O) groups excluding carboxylic acids is 1. The summed E-state index contributed by atoms with van der Waals surface area (Å²) in [5.74, 6) is 0.542. The Hall–Kier alpha value is -1.51. The summed E-state index contributed by atoms with van der Waals surface area (Å²) >= 11 is 0. The van der Waals surface area contributed by atoms with Crippen LogP contribution in [-0.2, 0) is 11.3 Å². The van der Waals surface area contributed by atoms with Crippen LogP contribution in [0.3, 0.4) is 0 Å². The molecule has 1 amide bonds. The number of hydrogen-bond donors (Lipinski definition) is 2. The van der Waals surface area contributed by atoms with Crippen molar-refractivity contribution in [2.24, 2.45) is 0 Å². The Labute approximate surface area is 130 Å². The largest absolute Gasteiger partial charge is 0.492 e. The van der Waals surface area contributed by atoms with Gasteiger partial charge in [0.05, 0.1) is 12.8 Å². The zero-order chi connectivity index (χ0) is 16.3. The maximum atomic E-state index is 12.0. The molecule has 8 heteroatoms. The predicted octanol–water partition coefficient (Wildman–Crippen LogP) is 0.0121. The summed E-state index contributed by atoms with van der Waals surface area (Å²) in [5.41, 5.74) is -0.108. The monoisotopic (exact) mass is 310 g/mol. The molecule has 22 heavy (non-hydrogen) atoms. The summed E-state index contributed by atoms with van der Waals surface area (Å²) in [6, 6.07) is 1.55. The molecule has 1 aliphatic heterocycles. The minimum Gasteiger partial charge on any atom is -0.468 e. The van der Waals surface area contributed by atoms with Crippen molar-refractivity contribution in [2.75, 3.05) is 26.2 Å². The second-order valence-corrected chi connectivity index (χ2v) is 6.42. The fraction of sp³-hybridized carbons (Fsp3) is 0.643. The second-order valence-electron chi connectivity index (χ2n) is 6.42. The number of piperazine rings is 1. The molecule has 0 unspecified atom stereocenters. The van der Waals surface area contributed by atoms with Crippen LogP contribution in [0, 0.1) is 0 Å². The number of hydrogen-bond acceptors (Lipinski definition) is 6. The molecular weight excluding hydrogens is 287 g/mol. The Morgan fingerprint density at radius 1 is 1.32 bits per heavy atom. The van der Waals surface area contributed by atoms with E-state index in [-0.39, 0.29) is 6.09 Å². The Morgan fingerprint density at radius 3 is 2.50 bits per heavy atom. The van der Waals surface area contributed by atoms with Gasteiger partial charge in [-0.3, -0.25) is 4.90 Å². The fourth-order valence-electron chi connectivity index (χ4n) is 2.33. The maximum absolute atomic E-state index is 12.0. The second kappa shape index (κ2) is 6.72. The highest BCUT2D eigenvalue weighted by atomic mass is 16.6. The molecule has 1 fully saturated rings. The van der Waals surface area contributed by atoms with E-state index in [1.807, 2.05) is 20.8 Å². The Bertz CT molecular complexity index is 504. The summed E-state index contributed by atoms with van der Waals surface area (Å²) in [4.78, 5) is 15.8. The molecular formula is C14H23BN2O5. The number of amides is 1. The van der Waals surface area contributed by atoms with Crippen LogP contribution in [0.2, 0.25) is 0 Å². The van der Waals surface area contributed by atoms with Gasteiger partial charge in [-0.05, 0) is 26.8 Å². The van der Waals surface area contributed by atoms with E-state index in [4.69, 9.17) is 9.15 Å². The lowest BCUT2D eigenvalue weighted by atomic mass is 9.80. The van der Waals surface area contributed by atoms with E-state index >= 15 is 0 Å². The molecule has 2 N–H and O–H groups in total. The van der Waals surface area contributed by atoms with Crippen LogP contribution in [0.25, 0.3) is 0 Å². The van der Waals surface area contributed by atoms with Crippen molar-refractivity contribution < 1.29 is 24.0 Å². The Balaban J connectivity index is 1.85. The van der Waals surface area contributed by atoms with Gasteiger partial charge in [0.2, 0.25) is 0 Å². The highest BCUT2D eigenvalue weighted by molar-refractivity contribution is 6.59. The van der Waals surface area contributed by atoms with E-state index in [0.29, 0.717) is 43.9 Å². The summed E-state index contributed by atoms with van der Waals surface area (Å²) in [7, 11) is -1.53. The summed E-state index contributed by atoms with van der Waals surface area (Å²) in [5, 5.41) is 18.5. The molecule has 122 valence electrons. The first-order valence-electron chi connectivity index (χ1n) is 7.39. The van der Waals surface area contributed by atoms with Crippen LogP contribution in [0.5, 0.6) is 0 Å². The molecule has 0 aromatic carbocycles. The van der Waals surface area contributed by atoms with Crippen molar-refractivity contribution in [1.29, 1.82) is 0 Å². The van der Waals surface area contributed by atoms with Crippen LogP contribution in [0.15, 0.2) is 16.7 Å². The highest BCUT2D eigenvalue weighted by Gasteiger charge is 2.27. The third kappa shape index (κ3) is 4.49. The lowest BCUT2D eigenvalue weighted by Gasteiger charge is -2.35. The molecule has 1 saturated heterocycles. The molecule has 2 heterocycles. The van der Waals surface area contributed by atoms with Crippen molar-refractivity contribution in [3.63, 3.8) is 0 Å². The van der Waals surface area contributed by atoms with Gasteiger partial charge in [0.15, 0.2) is 0 Å². The van der Waals surface area contributed by atoms with Gasteiger partial charge in [-0.2, -0.15) is 0 Å². The minimum atomic E-state index is -1.53. The number of rotatable bonds is 3. The molecule has 0 radical (unpaired) electrons. The van der Waals surface area contributed by atoms with Gasteiger partial charge >= 0.3 is 13.2 Å². The molecule has 7 nitrogen and oxygen atoms in total. The third-order valence-corrected chi connectivity index (χ3v) is 3.45. The van der Waals surface area contributed by atoms with E-state index in [0.717, 1.165) is 0 Å². The van der Waals surface area contributed by atoms with E-state index in [1.54, 1.807) is 11.0 Å². The van der Waals surface area contributed by atoms with Crippen LogP contribution in [0.4, 0.5) is 4.79 Å². The van der Waals surface area contributed by atoms with Gasteiger partial charge in [-0.15, -0.1) is 0 Å². The standard InChI is InChI=1S/C14H23BN2O5/c1-14(2,3)22-13(18)17-7-5-16(6-8-17)10-12-11(15(19)20)4-9-21-12/h4,9,19-20H,5-8,10H2,1-3H3. The van der Waals surface area contributed by atoms with E-state index in [1.165, 1.54) is 6.26 Å². The average Bonchev–Trinajstić information content (AvgIpc) is 2.86. The molecule has 1 aliphatic rings. The number of furan rings is 1. The predicted molar refractivity (Wildman–Crippen MR) is 81.6 cm³/mol. The fourth-order valence-corrected chi connectivity index (χ4v) is 2.33. The third-order valence-electron chi connectivity index (χ3n) is 3.45. The molecule has 0 spiro atoms. The first-order valence-corrected chi connectivity index (χ1v) is 7.39. The average molecular weight is 310 g/mol. The van der Waals surface area contributed by atoms with Crippen molar-refractivity contribution in [3.05, 3.63) is 18.1 Å².